The number of halogens is 1. The van der Waals surface area contributed by atoms with Crippen molar-refractivity contribution in [2.45, 2.75) is 19.9 Å². The molecule has 0 bridgehead atoms. The van der Waals surface area contributed by atoms with E-state index < -0.39 is 5.91 Å². The first kappa shape index (κ1) is 21.5. The number of benzene rings is 3. The maximum Gasteiger partial charge on any atom is 0.274 e. The van der Waals surface area contributed by atoms with Gasteiger partial charge in [-0.3, -0.25) is 14.8 Å². The lowest BCUT2D eigenvalue weighted by Crippen LogP contribution is -2.36. The number of nitrogens with one attached hydrogen (secondary N) is 1. The molecule has 3 aromatic rings. The number of hydrogen-bond acceptors (Lipinski definition) is 3. The van der Waals surface area contributed by atoms with E-state index in [4.69, 9.17) is 5.21 Å². The molecule has 0 saturated carbocycles. The summed E-state index contributed by atoms with van der Waals surface area (Å²) in [7, 11) is 0. The molecule has 0 unspecified atom stereocenters. The lowest BCUT2D eigenvalue weighted by Gasteiger charge is -2.30. The largest absolute Gasteiger partial charge is 0.334 e. The van der Waals surface area contributed by atoms with Gasteiger partial charge in [-0.05, 0) is 65.9 Å². The molecule has 5 nitrogen and oxygen atoms in total. The first-order chi connectivity index (χ1) is 15.4. The van der Waals surface area contributed by atoms with Crippen molar-refractivity contribution in [2.75, 3.05) is 6.54 Å². The summed E-state index contributed by atoms with van der Waals surface area (Å²) in [5, 5.41) is 8.91. The van der Waals surface area contributed by atoms with Crippen molar-refractivity contribution in [1.82, 2.24) is 10.4 Å². The van der Waals surface area contributed by atoms with Crippen LogP contribution in [0.15, 0.2) is 66.7 Å². The van der Waals surface area contributed by atoms with Crippen molar-refractivity contribution in [3.8, 4) is 0 Å². The highest BCUT2D eigenvalue weighted by atomic mass is 19.1. The quantitative estimate of drug-likeness (QED) is 0.279. The highest BCUT2D eigenvalue weighted by Gasteiger charge is 2.25. The molecule has 0 atom stereocenters. The molecule has 0 aliphatic carbocycles. The highest BCUT2D eigenvalue weighted by Crippen LogP contribution is 2.26. The Labute approximate surface area is 185 Å². The summed E-state index contributed by atoms with van der Waals surface area (Å²) in [6.07, 6.45) is 2.37. The normalized spacial score (nSPS) is 13.5. The van der Waals surface area contributed by atoms with Gasteiger partial charge in [-0.2, -0.15) is 0 Å². The van der Waals surface area contributed by atoms with Gasteiger partial charge >= 0.3 is 0 Å². The minimum absolute atomic E-state index is 0.166. The van der Waals surface area contributed by atoms with Crippen molar-refractivity contribution in [3.63, 3.8) is 0 Å². The Morgan fingerprint density at radius 3 is 2.47 bits per heavy atom. The Bertz CT molecular complexity index is 1200. The summed E-state index contributed by atoms with van der Waals surface area (Å²) in [5.74, 6) is -1.13. The third-order valence-corrected chi connectivity index (χ3v) is 5.62. The molecule has 0 saturated heterocycles. The first-order valence-electron chi connectivity index (χ1n) is 10.3. The van der Waals surface area contributed by atoms with Crippen LogP contribution in [0.5, 0.6) is 0 Å². The Morgan fingerprint density at radius 2 is 1.75 bits per heavy atom. The zero-order valence-corrected chi connectivity index (χ0v) is 17.6. The third kappa shape index (κ3) is 4.60. The molecule has 162 valence electrons. The van der Waals surface area contributed by atoms with Crippen LogP contribution in [-0.2, 0) is 17.8 Å². The number of carbonyl (C=O) groups excluding carboxylic acids is 2. The summed E-state index contributed by atoms with van der Waals surface area (Å²) in [4.78, 5) is 27.1. The molecule has 1 aliphatic heterocycles. The number of hydroxylamine groups is 1. The highest BCUT2D eigenvalue weighted by molar-refractivity contribution is 6.24. The van der Waals surface area contributed by atoms with E-state index in [0.717, 1.165) is 22.3 Å². The monoisotopic (exact) mass is 430 g/mol. The molecular weight excluding hydrogens is 407 g/mol. The first-order valence-corrected chi connectivity index (χ1v) is 10.3. The Kier molecular flexibility index (Phi) is 6.14. The van der Waals surface area contributed by atoms with Gasteiger partial charge in [0.1, 0.15) is 5.82 Å². The Morgan fingerprint density at radius 1 is 1.00 bits per heavy atom. The van der Waals surface area contributed by atoms with Crippen LogP contribution in [-0.4, -0.2) is 28.5 Å². The Hall–Kier alpha value is -3.77. The summed E-state index contributed by atoms with van der Waals surface area (Å²) in [6, 6.07) is 19.0. The van der Waals surface area contributed by atoms with Gasteiger partial charge in [0.05, 0.1) is 0 Å². The van der Waals surface area contributed by atoms with Gasteiger partial charge < -0.3 is 4.90 Å². The fraction of sp³-hybridized carbons (Fsp3) is 0.154. The number of nitrogens with zero attached hydrogens (tertiary/aromatic N) is 1. The van der Waals surface area contributed by atoms with E-state index >= 15 is 0 Å². The molecule has 6 heteroatoms. The molecule has 0 fully saturated rings. The molecular formula is C26H23FN2O3. The average molecular weight is 430 g/mol. The van der Waals surface area contributed by atoms with Crippen molar-refractivity contribution in [1.29, 1.82) is 0 Å². The van der Waals surface area contributed by atoms with E-state index in [9.17, 15) is 14.0 Å². The SMILES string of the molecule is Cc1ccc(C(=Cc2cccc(F)c2)C(=O)N2CCc3ccc(C(=O)NO)cc3C2)cc1. The lowest BCUT2D eigenvalue weighted by molar-refractivity contribution is -0.125. The molecule has 1 heterocycles. The second-order valence-corrected chi connectivity index (χ2v) is 7.88. The van der Waals surface area contributed by atoms with Gasteiger partial charge in [0.2, 0.25) is 0 Å². The van der Waals surface area contributed by atoms with Gasteiger partial charge in [0.15, 0.2) is 0 Å². The van der Waals surface area contributed by atoms with Crippen LogP contribution in [0.4, 0.5) is 4.39 Å². The summed E-state index contributed by atoms with van der Waals surface area (Å²) in [6.45, 7) is 2.85. The second kappa shape index (κ2) is 9.16. The number of carbonyl (C=O) groups is 2. The van der Waals surface area contributed by atoms with Gasteiger partial charge in [-0.25, -0.2) is 9.87 Å². The topological polar surface area (TPSA) is 69.6 Å². The van der Waals surface area contributed by atoms with E-state index in [1.165, 1.54) is 12.1 Å². The molecule has 1 aliphatic rings. The van der Waals surface area contributed by atoms with Gasteiger partial charge in [0.25, 0.3) is 11.8 Å². The predicted octanol–water partition coefficient (Wildman–Crippen LogP) is 4.38. The van der Waals surface area contributed by atoms with E-state index in [1.54, 1.807) is 40.7 Å². The molecule has 32 heavy (non-hydrogen) atoms. The molecule has 2 N–H and O–H groups in total. The van der Waals surface area contributed by atoms with Crippen LogP contribution in [0.3, 0.4) is 0 Å². The van der Waals surface area contributed by atoms with Crippen LogP contribution in [0.25, 0.3) is 11.6 Å². The maximum atomic E-state index is 13.8. The molecule has 4 rings (SSSR count). The van der Waals surface area contributed by atoms with Crippen LogP contribution >= 0.6 is 0 Å². The number of hydrogen-bond donors (Lipinski definition) is 2. The average Bonchev–Trinajstić information content (AvgIpc) is 2.81. The van der Waals surface area contributed by atoms with Crippen molar-refractivity contribution in [3.05, 3.63) is 106 Å². The molecule has 3 aromatic carbocycles. The van der Waals surface area contributed by atoms with Gasteiger partial charge in [-0.1, -0.05) is 48.0 Å². The van der Waals surface area contributed by atoms with Crippen molar-refractivity contribution < 1.29 is 19.2 Å². The van der Waals surface area contributed by atoms with Crippen LogP contribution in [0.2, 0.25) is 0 Å². The smallest absolute Gasteiger partial charge is 0.274 e. The predicted molar refractivity (Wildman–Crippen MR) is 120 cm³/mol. The minimum Gasteiger partial charge on any atom is -0.334 e. The standard InChI is InChI=1S/C26H23FN2O3/c1-17-5-7-20(8-6-17)24(14-18-3-2-4-23(27)13-18)26(31)29-12-11-19-9-10-21(25(30)28-32)15-22(19)16-29/h2-10,13-15,32H,11-12,16H2,1H3,(H,28,30). The summed E-state index contributed by atoms with van der Waals surface area (Å²) >= 11 is 0. The van der Waals surface area contributed by atoms with Crippen molar-refractivity contribution >= 4 is 23.5 Å². The fourth-order valence-corrected chi connectivity index (χ4v) is 3.87. The summed E-state index contributed by atoms with van der Waals surface area (Å²) < 4.78 is 13.8. The molecule has 0 radical (unpaired) electrons. The molecule has 0 aromatic heterocycles. The van der Waals surface area contributed by atoms with E-state index in [1.807, 2.05) is 37.3 Å². The van der Waals surface area contributed by atoms with Crippen LogP contribution in [0.1, 0.15) is 38.2 Å². The number of rotatable bonds is 4. The van der Waals surface area contributed by atoms with Gasteiger partial charge in [-0.15, -0.1) is 0 Å². The summed E-state index contributed by atoms with van der Waals surface area (Å²) in [5.41, 5.74) is 6.80. The van der Waals surface area contributed by atoms with E-state index in [-0.39, 0.29) is 11.7 Å². The minimum atomic E-state index is -0.595. The lowest BCUT2D eigenvalue weighted by atomic mass is 9.95. The number of aryl methyl sites for hydroxylation is 1. The van der Waals surface area contributed by atoms with Crippen molar-refractivity contribution in [2.24, 2.45) is 0 Å². The Balaban J connectivity index is 1.69. The van der Waals surface area contributed by atoms with Crippen LogP contribution < -0.4 is 5.48 Å². The van der Waals surface area contributed by atoms with E-state index in [2.05, 4.69) is 0 Å². The number of fused-ring (bicyclic) bond motifs is 1. The van der Waals surface area contributed by atoms with Crippen LogP contribution in [0, 0.1) is 12.7 Å². The number of amides is 2. The van der Waals surface area contributed by atoms with E-state index in [0.29, 0.717) is 36.2 Å². The fourth-order valence-electron chi connectivity index (χ4n) is 3.87. The maximum absolute atomic E-state index is 13.8. The zero-order valence-electron chi connectivity index (χ0n) is 17.6. The zero-order chi connectivity index (χ0) is 22.7. The molecule has 2 amide bonds. The second-order valence-electron chi connectivity index (χ2n) is 7.88. The third-order valence-electron chi connectivity index (χ3n) is 5.62. The molecule has 0 spiro atoms. The van der Waals surface area contributed by atoms with Gasteiger partial charge in [0, 0.05) is 24.2 Å².